The highest BCUT2D eigenvalue weighted by Crippen LogP contribution is 2.15. The van der Waals surface area contributed by atoms with Gasteiger partial charge in [0.05, 0.1) is 0 Å². The Balaban J connectivity index is 2.17. The molecule has 1 rings (SSSR count). The average molecular weight is 318 g/mol. The van der Waals surface area contributed by atoms with Crippen molar-refractivity contribution in [1.29, 1.82) is 0 Å². The van der Waals surface area contributed by atoms with Crippen LogP contribution in [0.4, 0.5) is 5.82 Å². The number of nitrogens with one attached hydrogen (secondary N) is 1. The normalized spacial score (nSPS) is 10.6. The van der Waals surface area contributed by atoms with E-state index in [0.717, 1.165) is 12.8 Å². The molecule has 0 saturated heterocycles. The first-order chi connectivity index (χ1) is 9.61. The van der Waals surface area contributed by atoms with Crippen molar-refractivity contribution in [2.24, 2.45) is 0 Å². The summed E-state index contributed by atoms with van der Waals surface area (Å²) in [6, 6.07) is 1.48. The largest absolute Gasteiger partial charge is 0.311 e. The second-order valence-electron chi connectivity index (χ2n) is 4.76. The summed E-state index contributed by atoms with van der Waals surface area (Å²) < 4.78 is 0. The number of rotatable bonds is 9. The third-order valence-corrected chi connectivity index (χ3v) is 3.31. The minimum atomic E-state index is -0.0654. The Kier molecular flexibility index (Phi) is 8.54. The minimum absolute atomic E-state index is 0.0312. The van der Waals surface area contributed by atoms with E-state index in [-0.39, 0.29) is 16.3 Å². The van der Waals surface area contributed by atoms with Gasteiger partial charge in [-0.2, -0.15) is 0 Å². The number of amides is 1. The summed E-state index contributed by atoms with van der Waals surface area (Å²) in [5.41, 5.74) is 0. The second kappa shape index (κ2) is 9.94. The zero-order valence-electron chi connectivity index (χ0n) is 11.8. The summed E-state index contributed by atoms with van der Waals surface area (Å²) in [6.07, 6.45) is 8.77. The van der Waals surface area contributed by atoms with E-state index >= 15 is 0 Å². The van der Waals surface area contributed by atoms with Crippen molar-refractivity contribution in [3.63, 3.8) is 0 Å². The molecular weight excluding hydrogens is 297 g/mol. The molecule has 1 heterocycles. The van der Waals surface area contributed by atoms with Crippen molar-refractivity contribution in [1.82, 2.24) is 9.97 Å². The fourth-order valence-electron chi connectivity index (χ4n) is 1.90. The molecular formula is C14H21Cl2N3O. The summed E-state index contributed by atoms with van der Waals surface area (Å²) in [7, 11) is 0. The third kappa shape index (κ3) is 7.65. The molecule has 1 N–H and O–H groups in total. The monoisotopic (exact) mass is 317 g/mol. The molecule has 0 fully saturated rings. The molecule has 0 aliphatic heterocycles. The van der Waals surface area contributed by atoms with Crippen LogP contribution in [0.25, 0.3) is 0 Å². The van der Waals surface area contributed by atoms with Gasteiger partial charge >= 0.3 is 0 Å². The molecule has 1 aromatic heterocycles. The molecule has 0 aliphatic carbocycles. The van der Waals surface area contributed by atoms with E-state index < -0.39 is 0 Å². The Morgan fingerprint density at radius 1 is 1.10 bits per heavy atom. The van der Waals surface area contributed by atoms with Gasteiger partial charge in [-0.25, -0.2) is 9.97 Å². The number of hydrogen-bond acceptors (Lipinski definition) is 3. The van der Waals surface area contributed by atoms with Crippen molar-refractivity contribution >= 4 is 34.9 Å². The van der Waals surface area contributed by atoms with Crippen LogP contribution in [0.5, 0.6) is 0 Å². The lowest BCUT2D eigenvalue weighted by atomic mass is 10.1. The van der Waals surface area contributed by atoms with Gasteiger partial charge in [-0.15, -0.1) is 0 Å². The van der Waals surface area contributed by atoms with Gasteiger partial charge in [0, 0.05) is 12.5 Å². The zero-order chi connectivity index (χ0) is 14.8. The maximum Gasteiger partial charge on any atom is 0.225 e. The Bertz CT molecular complexity index is 407. The minimum Gasteiger partial charge on any atom is -0.311 e. The summed E-state index contributed by atoms with van der Waals surface area (Å²) >= 11 is 11.4. The molecule has 0 aromatic carbocycles. The van der Waals surface area contributed by atoms with Crippen LogP contribution in [-0.2, 0) is 4.79 Å². The van der Waals surface area contributed by atoms with Crippen LogP contribution in [0.2, 0.25) is 10.4 Å². The molecule has 0 radical (unpaired) electrons. The first-order valence-corrected chi connectivity index (χ1v) is 7.87. The van der Waals surface area contributed by atoms with Crippen molar-refractivity contribution in [2.75, 3.05) is 5.32 Å². The Morgan fingerprint density at radius 3 is 2.40 bits per heavy atom. The number of hydrogen-bond donors (Lipinski definition) is 1. The van der Waals surface area contributed by atoms with Gasteiger partial charge in [0.2, 0.25) is 11.2 Å². The van der Waals surface area contributed by atoms with Crippen LogP contribution < -0.4 is 5.32 Å². The lowest BCUT2D eigenvalue weighted by Crippen LogP contribution is -2.12. The zero-order valence-corrected chi connectivity index (χ0v) is 13.3. The molecule has 0 spiro atoms. The van der Waals surface area contributed by atoms with E-state index in [0.29, 0.717) is 12.2 Å². The number of nitrogens with zero attached hydrogens (tertiary/aromatic N) is 2. The summed E-state index contributed by atoms with van der Waals surface area (Å²) in [5, 5.41) is 2.93. The maximum absolute atomic E-state index is 11.7. The van der Waals surface area contributed by atoms with Crippen LogP contribution in [0, 0.1) is 0 Å². The molecule has 6 heteroatoms. The Morgan fingerprint density at radius 2 is 1.75 bits per heavy atom. The number of anilines is 1. The van der Waals surface area contributed by atoms with E-state index in [1.54, 1.807) is 0 Å². The Labute approximate surface area is 130 Å². The van der Waals surface area contributed by atoms with E-state index in [1.807, 2.05) is 0 Å². The number of carbonyl (C=O) groups is 1. The molecule has 0 aliphatic rings. The molecule has 0 atom stereocenters. The van der Waals surface area contributed by atoms with Gasteiger partial charge in [0.15, 0.2) is 0 Å². The maximum atomic E-state index is 11.7. The van der Waals surface area contributed by atoms with Crippen molar-refractivity contribution in [3.05, 3.63) is 16.5 Å². The number of unbranched alkanes of at least 4 members (excludes halogenated alkanes) is 6. The van der Waals surface area contributed by atoms with Crippen molar-refractivity contribution in [3.8, 4) is 0 Å². The summed E-state index contributed by atoms with van der Waals surface area (Å²) in [5.74, 6) is 0.285. The smallest absolute Gasteiger partial charge is 0.225 e. The fourth-order valence-corrected chi connectivity index (χ4v) is 2.31. The van der Waals surface area contributed by atoms with Crippen LogP contribution in [0.1, 0.15) is 58.3 Å². The van der Waals surface area contributed by atoms with Gasteiger partial charge in [0.1, 0.15) is 11.0 Å². The SMILES string of the molecule is CCCCCCCCCC(=O)Nc1cc(Cl)nc(Cl)n1. The molecule has 0 bridgehead atoms. The van der Waals surface area contributed by atoms with Crippen LogP contribution in [-0.4, -0.2) is 15.9 Å². The molecule has 0 unspecified atom stereocenters. The third-order valence-electron chi connectivity index (χ3n) is 2.94. The quantitative estimate of drug-likeness (QED) is 0.402. The highest BCUT2D eigenvalue weighted by Gasteiger charge is 2.06. The topological polar surface area (TPSA) is 54.9 Å². The number of carbonyl (C=O) groups excluding carboxylic acids is 1. The van der Waals surface area contributed by atoms with Gasteiger partial charge in [-0.3, -0.25) is 4.79 Å². The molecule has 112 valence electrons. The van der Waals surface area contributed by atoms with Crippen LogP contribution >= 0.6 is 23.2 Å². The van der Waals surface area contributed by atoms with E-state index in [4.69, 9.17) is 23.2 Å². The number of halogens is 2. The average Bonchev–Trinajstić information content (AvgIpc) is 2.36. The van der Waals surface area contributed by atoms with Gasteiger partial charge in [-0.1, -0.05) is 57.0 Å². The van der Waals surface area contributed by atoms with Crippen LogP contribution in [0.3, 0.4) is 0 Å². The standard InChI is InChI=1S/C14H21Cl2N3O/c1-2-3-4-5-6-7-8-9-13(20)18-12-10-11(15)17-14(16)19-12/h10H,2-9H2,1H3,(H,17,18,19,20). The first kappa shape index (κ1) is 17.2. The fraction of sp³-hybridized carbons (Fsp3) is 0.643. The second-order valence-corrected chi connectivity index (χ2v) is 5.49. The van der Waals surface area contributed by atoms with E-state index in [2.05, 4.69) is 22.2 Å². The predicted octanol–water partition coefficient (Wildman–Crippen LogP) is 4.86. The van der Waals surface area contributed by atoms with Crippen LogP contribution in [0.15, 0.2) is 6.07 Å². The lowest BCUT2D eigenvalue weighted by molar-refractivity contribution is -0.116. The van der Waals surface area contributed by atoms with Gasteiger partial charge in [-0.05, 0) is 18.0 Å². The Hall–Kier alpha value is -0.870. The van der Waals surface area contributed by atoms with E-state index in [1.165, 1.54) is 38.2 Å². The highest BCUT2D eigenvalue weighted by atomic mass is 35.5. The molecule has 0 saturated carbocycles. The molecule has 4 nitrogen and oxygen atoms in total. The number of aromatic nitrogens is 2. The van der Waals surface area contributed by atoms with Crippen molar-refractivity contribution < 1.29 is 4.79 Å². The predicted molar refractivity (Wildman–Crippen MR) is 83.3 cm³/mol. The first-order valence-electron chi connectivity index (χ1n) is 7.11. The summed E-state index contributed by atoms with van der Waals surface area (Å²) in [4.78, 5) is 19.3. The van der Waals surface area contributed by atoms with E-state index in [9.17, 15) is 4.79 Å². The summed E-state index contributed by atoms with van der Waals surface area (Å²) in [6.45, 7) is 2.20. The molecule has 1 aromatic rings. The van der Waals surface area contributed by atoms with Gasteiger partial charge in [0.25, 0.3) is 0 Å². The molecule has 1 amide bonds. The highest BCUT2D eigenvalue weighted by molar-refractivity contribution is 6.32. The lowest BCUT2D eigenvalue weighted by Gasteiger charge is -2.05. The molecule has 20 heavy (non-hydrogen) atoms. The van der Waals surface area contributed by atoms with Gasteiger partial charge < -0.3 is 5.32 Å². The van der Waals surface area contributed by atoms with Crippen molar-refractivity contribution in [2.45, 2.75) is 58.3 Å².